The van der Waals surface area contributed by atoms with Gasteiger partial charge >= 0.3 is 0 Å². The van der Waals surface area contributed by atoms with Crippen LogP contribution in [-0.4, -0.2) is 35.6 Å². The van der Waals surface area contributed by atoms with E-state index < -0.39 is 0 Å². The molecule has 90 valence electrons. The lowest BCUT2D eigenvalue weighted by Gasteiger charge is -2.18. The summed E-state index contributed by atoms with van der Waals surface area (Å²) in [4.78, 5) is 10.8. The fraction of sp³-hybridized carbons (Fsp3) is 0.636. The van der Waals surface area contributed by atoms with Crippen molar-refractivity contribution in [1.29, 1.82) is 0 Å². The normalized spacial score (nSPS) is 10.4. The molecule has 1 rings (SSSR count). The summed E-state index contributed by atoms with van der Waals surface area (Å²) in [6.45, 7) is 3.09. The summed E-state index contributed by atoms with van der Waals surface area (Å²) in [6, 6.07) is 1.83. The highest BCUT2D eigenvalue weighted by atomic mass is 32.2. The fourth-order valence-electron chi connectivity index (χ4n) is 1.38. The third-order valence-electron chi connectivity index (χ3n) is 2.27. The average molecular weight is 240 g/mol. The first-order valence-corrected chi connectivity index (χ1v) is 6.90. The van der Waals surface area contributed by atoms with Crippen LogP contribution in [0.1, 0.15) is 19.2 Å². The predicted molar refractivity (Wildman–Crippen MR) is 72.1 cm³/mol. The molecule has 0 aliphatic heterocycles. The van der Waals surface area contributed by atoms with E-state index >= 15 is 0 Å². The Morgan fingerprint density at radius 2 is 2.19 bits per heavy atom. The van der Waals surface area contributed by atoms with E-state index in [1.54, 1.807) is 0 Å². The van der Waals surface area contributed by atoms with E-state index in [0.717, 1.165) is 36.8 Å². The number of hydrogen-bond acceptors (Lipinski definition) is 5. The maximum atomic E-state index is 5.77. The van der Waals surface area contributed by atoms with Gasteiger partial charge in [-0.3, -0.25) is 0 Å². The smallest absolute Gasteiger partial charge is 0.134 e. The zero-order valence-electron chi connectivity index (χ0n) is 10.2. The minimum absolute atomic E-state index is 0.560. The van der Waals surface area contributed by atoms with Crippen molar-refractivity contribution in [2.45, 2.75) is 19.8 Å². The van der Waals surface area contributed by atoms with Gasteiger partial charge in [0.15, 0.2) is 0 Å². The Morgan fingerprint density at radius 3 is 2.81 bits per heavy atom. The maximum absolute atomic E-state index is 5.77. The number of nitrogens with two attached hydrogens (primary N) is 1. The number of rotatable bonds is 6. The van der Waals surface area contributed by atoms with Crippen LogP contribution in [0.2, 0.25) is 0 Å². The van der Waals surface area contributed by atoms with Crippen molar-refractivity contribution < 1.29 is 0 Å². The van der Waals surface area contributed by atoms with Gasteiger partial charge in [-0.15, -0.1) is 0 Å². The van der Waals surface area contributed by atoms with E-state index in [-0.39, 0.29) is 0 Å². The fourth-order valence-corrected chi connectivity index (χ4v) is 1.83. The number of hydrogen-bond donors (Lipinski definition) is 1. The molecular weight excluding hydrogens is 220 g/mol. The first-order chi connectivity index (χ1) is 7.67. The molecule has 0 amide bonds. The van der Waals surface area contributed by atoms with E-state index in [9.17, 15) is 0 Å². The van der Waals surface area contributed by atoms with Crippen LogP contribution in [-0.2, 0) is 6.42 Å². The molecule has 0 saturated carbocycles. The average Bonchev–Trinajstić information content (AvgIpc) is 2.25. The second kappa shape index (κ2) is 6.58. The lowest BCUT2D eigenvalue weighted by molar-refractivity contribution is 0.823. The molecule has 0 fully saturated rings. The molecular formula is C11H20N4S. The molecule has 0 unspecified atom stereocenters. The largest absolute Gasteiger partial charge is 0.384 e. The molecule has 0 bridgehead atoms. The first kappa shape index (κ1) is 13.1. The van der Waals surface area contributed by atoms with Gasteiger partial charge in [0.1, 0.15) is 17.5 Å². The number of nitrogen functional groups attached to an aromatic ring is 1. The minimum atomic E-state index is 0.560. The van der Waals surface area contributed by atoms with Gasteiger partial charge in [0.2, 0.25) is 0 Å². The topological polar surface area (TPSA) is 55.0 Å². The summed E-state index contributed by atoms with van der Waals surface area (Å²) in [6.07, 6.45) is 4.02. The second-order valence-corrected chi connectivity index (χ2v) is 4.72. The first-order valence-electron chi connectivity index (χ1n) is 5.51. The van der Waals surface area contributed by atoms with Crippen molar-refractivity contribution in [1.82, 2.24) is 9.97 Å². The van der Waals surface area contributed by atoms with Gasteiger partial charge < -0.3 is 10.6 Å². The highest BCUT2D eigenvalue weighted by Gasteiger charge is 2.06. The lowest BCUT2D eigenvalue weighted by Crippen LogP contribution is -2.22. The van der Waals surface area contributed by atoms with Crippen LogP contribution in [0.15, 0.2) is 6.07 Å². The molecule has 0 aromatic carbocycles. The quantitative estimate of drug-likeness (QED) is 0.822. The third-order valence-corrected chi connectivity index (χ3v) is 2.87. The SMILES string of the molecule is CCCc1nc(N)cc(N(C)CCSC)n1. The molecule has 1 aromatic rings. The molecule has 2 N–H and O–H groups in total. The third kappa shape index (κ3) is 3.89. The van der Waals surface area contributed by atoms with Crippen molar-refractivity contribution in [3.05, 3.63) is 11.9 Å². The second-order valence-electron chi connectivity index (χ2n) is 3.73. The van der Waals surface area contributed by atoms with Gasteiger partial charge in [-0.25, -0.2) is 9.97 Å². The van der Waals surface area contributed by atoms with Crippen molar-refractivity contribution in [2.24, 2.45) is 0 Å². The van der Waals surface area contributed by atoms with Crippen molar-refractivity contribution in [3.8, 4) is 0 Å². The van der Waals surface area contributed by atoms with Gasteiger partial charge in [0.05, 0.1) is 0 Å². The molecule has 0 atom stereocenters. The van der Waals surface area contributed by atoms with Gasteiger partial charge in [0, 0.05) is 31.8 Å². The van der Waals surface area contributed by atoms with E-state index in [4.69, 9.17) is 5.73 Å². The highest BCUT2D eigenvalue weighted by Crippen LogP contribution is 2.13. The van der Waals surface area contributed by atoms with Crippen molar-refractivity contribution in [3.63, 3.8) is 0 Å². The van der Waals surface area contributed by atoms with E-state index in [2.05, 4.69) is 28.0 Å². The molecule has 0 radical (unpaired) electrons. The number of nitrogens with zero attached hydrogens (tertiary/aromatic N) is 3. The van der Waals surface area contributed by atoms with E-state index in [1.807, 2.05) is 24.9 Å². The van der Waals surface area contributed by atoms with E-state index in [0.29, 0.717) is 5.82 Å². The molecule has 0 aliphatic carbocycles. The molecule has 1 aromatic heterocycles. The Bertz CT molecular complexity index is 330. The summed E-state index contributed by atoms with van der Waals surface area (Å²) in [5, 5.41) is 0. The minimum Gasteiger partial charge on any atom is -0.384 e. The summed E-state index contributed by atoms with van der Waals surface area (Å²) in [5.41, 5.74) is 5.77. The molecule has 1 heterocycles. The molecule has 0 spiro atoms. The molecule has 0 aliphatic rings. The molecule has 16 heavy (non-hydrogen) atoms. The van der Waals surface area contributed by atoms with Gasteiger partial charge in [0.25, 0.3) is 0 Å². The van der Waals surface area contributed by atoms with Crippen LogP contribution in [0.3, 0.4) is 0 Å². The van der Waals surface area contributed by atoms with E-state index in [1.165, 1.54) is 0 Å². The van der Waals surface area contributed by atoms with Crippen LogP contribution in [0.4, 0.5) is 11.6 Å². The van der Waals surface area contributed by atoms with Crippen LogP contribution in [0, 0.1) is 0 Å². The zero-order chi connectivity index (χ0) is 12.0. The Labute approximate surface area is 102 Å². The predicted octanol–water partition coefficient (Wildman–Crippen LogP) is 1.81. The van der Waals surface area contributed by atoms with Gasteiger partial charge in [-0.05, 0) is 12.7 Å². The Morgan fingerprint density at radius 1 is 1.44 bits per heavy atom. The number of thioether (sulfide) groups is 1. The number of aromatic nitrogens is 2. The van der Waals surface area contributed by atoms with Crippen molar-refractivity contribution >= 4 is 23.4 Å². The summed E-state index contributed by atoms with van der Waals surface area (Å²) >= 11 is 1.83. The molecule has 4 nitrogen and oxygen atoms in total. The standard InChI is InChI=1S/C11H20N4S/c1-4-5-10-13-9(12)8-11(14-10)15(2)6-7-16-3/h8H,4-7H2,1-3H3,(H2,12,13,14). The highest BCUT2D eigenvalue weighted by molar-refractivity contribution is 7.98. The Hall–Kier alpha value is -0.970. The van der Waals surface area contributed by atoms with Crippen LogP contribution in [0.25, 0.3) is 0 Å². The monoisotopic (exact) mass is 240 g/mol. The molecule has 5 heteroatoms. The summed E-state index contributed by atoms with van der Waals surface area (Å²) < 4.78 is 0. The van der Waals surface area contributed by atoms with Crippen molar-refractivity contribution in [2.75, 3.05) is 36.2 Å². The van der Waals surface area contributed by atoms with Gasteiger partial charge in [-0.1, -0.05) is 6.92 Å². The van der Waals surface area contributed by atoms with Crippen LogP contribution in [0.5, 0.6) is 0 Å². The number of aryl methyl sites for hydroxylation is 1. The van der Waals surface area contributed by atoms with Crippen LogP contribution >= 0.6 is 11.8 Å². The zero-order valence-corrected chi connectivity index (χ0v) is 11.0. The summed E-state index contributed by atoms with van der Waals surface area (Å²) in [5.74, 6) is 3.41. The van der Waals surface area contributed by atoms with Crippen LogP contribution < -0.4 is 10.6 Å². The molecule has 0 saturated heterocycles. The van der Waals surface area contributed by atoms with Gasteiger partial charge in [-0.2, -0.15) is 11.8 Å². The number of anilines is 2. The maximum Gasteiger partial charge on any atom is 0.134 e. The Balaban J connectivity index is 2.78. The Kier molecular flexibility index (Phi) is 5.38. The summed E-state index contributed by atoms with van der Waals surface area (Å²) in [7, 11) is 2.04. The lowest BCUT2D eigenvalue weighted by atomic mass is 10.3.